The van der Waals surface area contributed by atoms with Gasteiger partial charge in [-0.1, -0.05) is 0 Å². The summed E-state index contributed by atoms with van der Waals surface area (Å²) in [7, 11) is 4.30. The van der Waals surface area contributed by atoms with Gasteiger partial charge in [0.25, 0.3) is 0 Å². The van der Waals surface area contributed by atoms with E-state index in [9.17, 15) is 4.79 Å². The summed E-state index contributed by atoms with van der Waals surface area (Å²) in [6.45, 7) is 3.04. The molecule has 0 spiro atoms. The first-order valence-electron chi connectivity index (χ1n) is 8.55. The highest BCUT2D eigenvalue weighted by atomic mass is 35.5. The maximum atomic E-state index is 12.1. The molecule has 6 nitrogen and oxygen atoms in total. The third kappa shape index (κ3) is 4.59. The van der Waals surface area contributed by atoms with Crippen LogP contribution >= 0.6 is 12.4 Å². The predicted octanol–water partition coefficient (Wildman–Crippen LogP) is 1.72. The summed E-state index contributed by atoms with van der Waals surface area (Å²) in [4.78, 5) is 21.2. The molecule has 3 heterocycles. The molecular formula is C17H28ClN5O. The van der Waals surface area contributed by atoms with Crippen molar-refractivity contribution in [3.05, 3.63) is 18.3 Å². The van der Waals surface area contributed by atoms with Crippen LogP contribution in [0.3, 0.4) is 0 Å². The summed E-state index contributed by atoms with van der Waals surface area (Å²) in [6, 6.07) is 4.57. The van der Waals surface area contributed by atoms with Crippen LogP contribution in [0.2, 0.25) is 0 Å². The SMILES string of the molecule is CN(C)C1CCN(c2ccc(NC(=O)C3CCCN3)nc2)CC1.Cl. The second-order valence-electron chi connectivity index (χ2n) is 6.72. The van der Waals surface area contributed by atoms with Gasteiger partial charge in [0.05, 0.1) is 17.9 Å². The van der Waals surface area contributed by atoms with Gasteiger partial charge in [-0.2, -0.15) is 0 Å². The van der Waals surface area contributed by atoms with Crippen molar-refractivity contribution in [3.8, 4) is 0 Å². The van der Waals surface area contributed by atoms with Crippen LogP contribution in [0.25, 0.3) is 0 Å². The lowest BCUT2D eigenvalue weighted by atomic mass is 10.0. The maximum absolute atomic E-state index is 12.1. The van der Waals surface area contributed by atoms with E-state index >= 15 is 0 Å². The minimum absolute atomic E-state index is 0. The number of aromatic nitrogens is 1. The number of anilines is 2. The van der Waals surface area contributed by atoms with Crippen molar-refractivity contribution in [1.29, 1.82) is 0 Å². The number of hydrogen-bond acceptors (Lipinski definition) is 5. The highest BCUT2D eigenvalue weighted by Crippen LogP contribution is 2.22. The second kappa shape index (κ2) is 8.65. The van der Waals surface area contributed by atoms with E-state index < -0.39 is 0 Å². The molecule has 134 valence electrons. The van der Waals surface area contributed by atoms with Gasteiger partial charge in [0, 0.05) is 19.1 Å². The van der Waals surface area contributed by atoms with Gasteiger partial charge < -0.3 is 20.4 Å². The molecule has 0 aliphatic carbocycles. The Bertz CT molecular complexity index is 522. The number of pyridine rings is 1. The Morgan fingerprint density at radius 2 is 2.04 bits per heavy atom. The lowest BCUT2D eigenvalue weighted by Gasteiger charge is -2.36. The van der Waals surface area contributed by atoms with Crippen LogP contribution in [0.4, 0.5) is 11.5 Å². The molecule has 2 saturated heterocycles. The van der Waals surface area contributed by atoms with Crippen LogP contribution in [0.1, 0.15) is 25.7 Å². The molecule has 1 aromatic heterocycles. The minimum Gasteiger partial charge on any atom is -0.370 e. The largest absolute Gasteiger partial charge is 0.370 e. The summed E-state index contributed by atoms with van der Waals surface area (Å²) in [5.41, 5.74) is 1.14. The topological polar surface area (TPSA) is 60.5 Å². The predicted molar refractivity (Wildman–Crippen MR) is 100 cm³/mol. The van der Waals surface area contributed by atoms with Crippen LogP contribution in [0, 0.1) is 0 Å². The molecule has 1 amide bonds. The van der Waals surface area contributed by atoms with Crippen molar-refractivity contribution in [1.82, 2.24) is 15.2 Å². The molecule has 1 unspecified atom stereocenters. The van der Waals surface area contributed by atoms with E-state index in [1.54, 1.807) is 0 Å². The number of carbonyl (C=O) groups excluding carboxylic acids is 1. The molecule has 0 saturated carbocycles. The molecule has 3 rings (SSSR count). The Hall–Kier alpha value is -1.37. The smallest absolute Gasteiger partial charge is 0.242 e. The van der Waals surface area contributed by atoms with Crippen molar-refractivity contribution < 1.29 is 4.79 Å². The zero-order chi connectivity index (χ0) is 16.2. The highest BCUT2D eigenvalue weighted by molar-refractivity contribution is 5.94. The molecule has 2 aliphatic rings. The molecule has 1 atom stereocenters. The zero-order valence-corrected chi connectivity index (χ0v) is 15.3. The average Bonchev–Trinajstić information content (AvgIpc) is 3.10. The average molecular weight is 354 g/mol. The van der Waals surface area contributed by atoms with E-state index in [1.807, 2.05) is 12.3 Å². The van der Waals surface area contributed by atoms with Crippen LogP contribution in [-0.4, -0.2) is 61.6 Å². The summed E-state index contributed by atoms with van der Waals surface area (Å²) in [5.74, 6) is 0.658. The molecule has 7 heteroatoms. The quantitative estimate of drug-likeness (QED) is 0.863. The Morgan fingerprint density at radius 1 is 1.29 bits per heavy atom. The van der Waals surface area contributed by atoms with Gasteiger partial charge in [-0.3, -0.25) is 4.79 Å². The molecular weight excluding hydrogens is 326 g/mol. The standard InChI is InChI=1S/C17H27N5O.ClH/c1-21(2)13-7-10-22(11-8-13)14-5-6-16(19-12-14)20-17(23)15-4-3-9-18-15;/h5-6,12-13,15,18H,3-4,7-11H2,1-2H3,(H,19,20,23);1H. The van der Waals surface area contributed by atoms with Gasteiger partial charge in [-0.15, -0.1) is 12.4 Å². The molecule has 2 N–H and O–H groups in total. The summed E-state index contributed by atoms with van der Waals surface area (Å²) in [6.07, 6.45) is 6.20. The fourth-order valence-corrected chi connectivity index (χ4v) is 3.41. The first-order chi connectivity index (χ1) is 11.1. The Kier molecular flexibility index (Phi) is 6.83. The van der Waals surface area contributed by atoms with Gasteiger partial charge in [-0.05, 0) is 58.5 Å². The third-order valence-corrected chi connectivity index (χ3v) is 4.94. The fraction of sp³-hybridized carbons (Fsp3) is 0.647. The van der Waals surface area contributed by atoms with E-state index in [2.05, 4.69) is 45.6 Å². The number of amides is 1. The summed E-state index contributed by atoms with van der Waals surface area (Å²) in [5, 5.41) is 6.10. The highest BCUT2D eigenvalue weighted by Gasteiger charge is 2.23. The van der Waals surface area contributed by atoms with Gasteiger partial charge in [0.2, 0.25) is 5.91 Å². The Labute approximate surface area is 150 Å². The Balaban J connectivity index is 0.00000208. The van der Waals surface area contributed by atoms with Crippen molar-refractivity contribution in [2.24, 2.45) is 0 Å². The van der Waals surface area contributed by atoms with E-state index in [1.165, 1.54) is 12.8 Å². The summed E-state index contributed by atoms with van der Waals surface area (Å²) < 4.78 is 0. The van der Waals surface area contributed by atoms with Gasteiger partial charge in [0.1, 0.15) is 5.82 Å². The summed E-state index contributed by atoms with van der Waals surface area (Å²) >= 11 is 0. The molecule has 24 heavy (non-hydrogen) atoms. The minimum atomic E-state index is -0.0680. The number of nitrogens with zero attached hydrogens (tertiary/aromatic N) is 3. The first-order valence-corrected chi connectivity index (χ1v) is 8.55. The van der Waals surface area contributed by atoms with Gasteiger partial charge in [0.15, 0.2) is 0 Å². The third-order valence-electron chi connectivity index (χ3n) is 4.94. The zero-order valence-electron chi connectivity index (χ0n) is 14.5. The molecule has 2 fully saturated rings. The van der Waals surface area contributed by atoms with E-state index in [0.717, 1.165) is 38.2 Å². The number of halogens is 1. The van der Waals surface area contributed by atoms with Crippen molar-refractivity contribution >= 4 is 29.8 Å². The molecule has 0 aromatic carbocycles. The maximum Gasteiger partial charge on any atom is 0.242 e. The molecule has 0 bridgehead atoms. The molecule has 1 aromatic rings. The lowest BCUT2D eigenvalue weighted by molar-refractivity contribution is -0.117. The van der Waals surface area contributed by atoms with Gasteiger partial charge >= 0.3 is 0 Å². The number of piperidine rings is 1. The van der Waals surface area contributed by atoms with E-state index in [-0.39, 0.29) is 24.4 Å². The number of rotatable bonds is 4. The van der Waals surface area contributed by atoms with Crippen molar-refractivity contribution in [2.45, 2.75) is 37.8 Å². The van der Waals surface area contributed by atoms with Gasteiger partial charge in [-0.25, -0.2) is 4.98 Å². The van der Waals surface area contributed by atoms with Crippen LogP contribution in [-0.2, 0) is 4.79 Å². The lowest BCUT2D eigenvalue weighted by Crippen LogP contribution is -2.42. The number of hydrogen-bond donors (Lipinski definition) is 2. The second-order valence-corrected chi connectivity index (χ2v) is 6.72. The normalized spacial score (nSPS) is 21.6. The molecule has 2 aliphatic heterocycles. The van der Waals surface area contributed by atoms with E-state index in [4.69, 9.17) is 0 Å². The first kappa shape index (κ1) is 19.0. The fourth-order valence-electron chi connectivity index (χ4n) is 3.41. The number of carbonyl (C=O) groups is 1. The van der Waals surface area contributed by atoms with Crippen LogP contribution < -0.4 is 15.5 Å². The van der Waals surface area contributed by atoms with Crippen molar-refractivity contribution in [2.75, 3.05) is 43.9 Å². The Morgan fingerprint density at radius 3 is 2.58 bits per heavy atom. The van der Waals surface area contributed by atoms with Crippen LogP contribution in [0.5, 0.6) is 0 Å². The van der Waals surface area contributed by atoms with E-state index in [0.29, 0.717) is 11.9 Å². The number of nitrogens with one attached hydrogen (secondary N) is 2. The van der Waals surface area contributed by atoms with Crippen LogP contribution in [0.15, 0.2) is 18.3 Å². The monoisotopic (exact) mass is 353 g/mol. The van der Waals surface area contributed by atoms with Crippen molar-refractivity contribution in [3.63, 3.8) is 0 Å². The molecule has 0 radical (unpaired) electrons.